The number of alkyl halides is 3. The average Bonchev–Trinajstić information content (AvgIpc) is 3.46. The Kier molecular flexibility index (Phi) is 7.06. The highest BCUT2D eigenvalue weighted by Gasteiger charge is 2.58. The lowest BCUT2D eigenvalue weighted by atomic mass is 9.96. The van der Waals surface area contributed by atoms with Crippen molar-refractivity contribution in [3.63, 3.8) is 0 Å². The van der Waals surface area contributed by atoms with Gasteiger partial charge in [0.2, 0.25) is 17.7 Å². The molecule has 3 rings (SSSR count). The van der Waals surface area contributed by atoms with E-state index in [9.17, 15) is 37.1 Å². The number of amides is 5. The molecule has 1 saturated heterocycles. The molecule has 15 heteroatoms. The van der Waals surface area contributed by atoms with Crippen molar-refractivity contribution in [1.82, 2.24) is 24.9 Å². The van der Waals surface area contributed by atoms with Crippen molar-refractivity contribution in [1.29, 1.82) is 0 Å². The lowest BCUT2D eigenvalue weighted by Gasteiger charge is -2.35. The van der Waals surface area contributed by atoms with Gasteiger partial charge in [-0.1, -0.05) is 13.8 Å². The Morgan fingerprint density at radius 3 is 2.50 bits per heavy atom. The second kappa shape index (κ2) is 9.43. The number of likely N-dealkylation sites (tertiary alicyclic amines) is 1. The van der Waals surface area contributed by atoms with Gasteiger partial charge in [0.25, 0.3) is 5.91 Å². The maximum absolute atomic E-state index is 13.7. The van der Waals surface area contributed by atoms with E-state index in [0.29, 0.717) is 5.82 Å². The molecule has 5 amide bonds. The summed E-state index contributed by atoms with van der Waals surface area (Å²) in [6.07, 6.45) is -3.79. The highest BCUT2D eigenvalue weighted by molar-refractivity contribution is 6.03. The molecule has 1 aromatic heterocycles. The van der Waals surface area contributed by atoms with Crippen molar-refractivity contribution in [2.75, 3.05) is 18.9 Å². The topological polar surface area (TPSA) is 160 Å². The summed E-state index contributed by atoms with van der Waals surface area (Å²) in [6, 6.07) is -2.43. The highest BCUT2D eigenvalue weighted by Crippen LogP contribution is 2.41. The van der Waals surface area contributed by atoms with Crippen molar-refractivity contribution in [2.45, 2.75) is 63.5 Å². The third kappa shape index (κ3) is 4.73. The van der Waals surface area contributed by atoms with Gasteiger partial charge in [-0.3, -0.25) is 24.0 Å². The molecule has 4 atom stereocenters. The van der Waals surface area contributed by atoms with Crippen molar-refractivity contribution < 1.29 is 37.1 Å². The number of anilines is 1. The zero-order chi connectivity index (χ0) is 27.2. The monoisotopic (exact) mass is 515 g/mol. The van der Waals surface area contributed by atoms with Gasteiger partial charge in [-0.05, 0) is 19.3 Å². The Morgan fingerprint density at radius 1 is 1.31 bits per heavy atom. The molecule has 1 spiro atoms. The van der Waals surface area contributed by atoms with Crippen LogP contribution in [-0.2, 0) is 29.5 Å². The number of aromatic nitrogens is 2. The van der Waals surface area contributed by atoms with E-state index in [1.165, 1.54) is 17.9 Å². The number of rotatable bonds is 7. The maximum atomic E-state index is 13.7. The van der Waals surface area contributed by atoms with Crippen LogP contribution in [0.1, 0.15) is 33.6 Å². The van der Waals surface area contributed by atoms with Crippen LogP contribution in [0.5, 0.6) is 0 Å². The van der Waals surface area contributed by atoms with Crippen LogP contribution >= 0.6 is 0 Å². The third-order valence-corrected chi connectivity index (χ3v) is 6.43. The smallest absolute Gasteiger partial charge is 0.368 e. The SMILES string of the molecule is CC(C)C[C@@H](C(=O)N1C[C@@]2(CC1C(N)=O)C(=O)Nc1ccnn12)N(C)C(=O)[C@H](C)NC(=O)C(F)(F)F. The fourth-order valence-corrected chi connectivity index (χ4v) is 4.62. The van der Waals surface area contributed by atoms with Crippen LogP contribution < -0.4 is 16.4 Å². The maximum Gasteiger partial charge on any atom is 0.471 e. The molecule has 0 bridgehead atoms. The standard InChI is InChI=1S/C21H28F3N7O5/c1-10(2)7-12(29(4)16(33)11(3)27-19(36)21(22,23)24)17(34)30-9-20(8-13(30)15(25)32)18(35)28-14-5-6-26-31(14)20/h5-6,10-13H,7-9H2,1-4H3,(H2,25,32)(H,27,36)(H,28,35)/t11-,12-,13?,20-/m0/s1. The first-order valence-corrected chi connectivity index (χ1v) is 11.2. The van der Waals surface area contributed by atoms with Gasteiger partial charge in [-0.25, -0.2) is 4.68 Å². The molecule has 0 aromatic carbocycles. The minimum Gasteiger partial charge on any atom is -0.368 e. The average molecular weight is 515 g/mol. The molecule has 12 nitrogen and oxygen atoms in total. The molecule has 0 aliphatic carbocycles. The van der Waals surface area contributed by atoms with Crippen molar-refractivity contribution in [3.05, 3.63) is 12.3 Å². The van der Waals surface area contributed by atoms with Crippen LogP contribution in [0.25, 0.3) is 0 Å². The number of hydrogen-bond donors (Lipinski definition) is 3. The van der Waals surface area contributed by atoms with Gasteiger partial charge < -0.3 is 26.2 Å². The summed E-state index contributed by atoms with van der Waals surface area (Å²) in [4.78, 5) is 65.2. The predicted octanol–water partition coefficient (Wildman–Crippen LogP) is -0.443. The number of carbonyl (C=O) groups excluding carboxylic acids is 5. The number of nitrogens with one attached hydrogen (secondary N) is 2. The molecule has 0 saturated carbocycles. The van der Waals surface area contributed by atoms with Crippen LogP contribution in [0.3, 0.4) is 0 Å². The summed E-state index contributed by atoms with van der Waals surface area (Å²) in [6.45, 7) is 4.35. The van der Waals surface area contributed by atoms with Crippen molar-refractivity contribution >= 4 is 35.4 Å². The number of primary amides is 1. The summed E-state index contributed by atoms with van der Waals surface area (Å²) in [7, 11) is 1.22. The van der Waals surface area contributed by atoms with Gasteiger partial charge in [0.15, 0.2) is 5.54 Å². The summed E-state index contributed by atoms with van der Waals surface area (Å²) in [5, 5.41) is 8.37. The van der Waals surface area contributed by atoms with E-state index < -0.39 is 59.4 Å². The largest absolute Gasteiger partial charge is 0.471 e. The van der Waals surface area contributed by atoms with Crippen LogP contribution in [0.2, 0.25) is 0 Å². The molecule has 1 aromatic rings. The fourth-order valence-electron chi connectivity index (χ4n) is 4.62. The van der Waals surface area contributed by atoms with Crippen LogP contribution in [0, 0.1) is 5.92 Å². The molecule has 0 radical (unpaired) electrons. The molecule has 1 unspecified atom stereocenters. The summed E-state index contributed by atoms with van der Waals surface area (Å²) >= 11 is 0. The van der Waals surface area contributed by atoms with Crippen LogP contribution in [0.4, 0.5) is 19.0 Å². The quantitative estimate of drug-likeness (QED) is 0.446. The summed E-state index contributed by atoms with van der Waals surface area (Å²) in [5.41, 5.74) is 4.19. The molecular weight excluding hydrogens is 487 g/mol. The number of likely N-dealkylation sites (N-methyl/N-ethyl adjacent to an activating group) is 1. The first kappa shape index (κ1) is 26.9. The number of nitrogens with zero attached hydrogens (tertiary/aromatic N) is 4. The van der Waals surface area contributed by atoms with Gasteiger partial charge in [-0.2, -0.15) is 18.3 Å². The van der Waals surface area contributed by atoms with Gasteiger partial charge in [0.05, 0.1) is 12.7 Å². The van der Waals surface area contributed by atoms with E-state index in [1.807, 2.05) is 0 Å². The minimum atomic E-state index is -5.19. The number of fused-ring (bicyclic) bond motifs is 2. The first-order valence-electron chi connectivity index (χ1n) is 11.2. The molecule has 3 heterocycles. The van der Waals surface area contributed by atoms with Crippen molar-refractivity contribution in [2.24, 2.45) is 11.7 Å². The lowest BCUT2D eigenvalue weighted by Crippen LogP contribution is -2.57. The molecule has 2 aliphatic heterocycles. The molecular formula is C21H28F3N7O5. The van der Waals surface area contributed by atoms with Gasteiger partial charge in [0, 0.05) is 19.5 Å². The third-order valence-electron chi connectivity index (χ3n) is 6.43. The number of hydrogen-bond acceptors (Lipinski definition) is 6. The Morgan fingerprint density at radius 2 is 1.94 bits per heavy atom. The second-order valence-electron chi connectivity index (χ2n) is 9.49. The first-order chi connectivity index (χ1) is 16.6. The Hall–Kier alpha value is -3.65. The Bertz CT molecular complexity index is 1090. The second-order valence-corrected chi connectivity index (χ2v) is 9.49. The van der Waals surface area contributed by atoms with E-state index in [-0.39, 0.29) is 25.3 Å². The number of nitrogens with two attached hydrogens (primary N) is 1. The molecule has 4 N–H and O–H groups in total. The van der Waals surface area contributed by atoms with Crippen molar-refractivity contribution in [3.8, 4) is 0 Å². The molecule has 2 aliphatic rings. The van der Waals surface area contributed by atoms with E-state index in [4.69, 9.17) is 5.73 Å². The number of carbonyl (C=O) groups is 5. The van der Waals surface area contributed by atoms with Crippen LogP contribution in [-0.4, -0.2) is 87.0 Å². The minimum absolute atomic E-state index is 0.0925. The Balaban J connectivity index is 1.89. The summed E-state index contributed by atoms with van der Waals surface area (Å²) < 4.78 is 39.3. The van der Waals surface area contributed by atoms with E-state index in [2.05, 4.69) is 10.4 Å². The van der Waals surface area contributed by atoms with Gasteiger partial charge in [0.1, 0.15) is 23.9 Å². The van der Waals surface area contributed by atoms with Crippen LogP contribution in [0.15, 0.2) is 12.3 Å². The molecule has 36 heavy (non-hydrogen) atoms. The highest BCUT2D eigenvalue weighted by atomic mass is 19.4. The zero-order valence-corrected chi connectivity index (χ0v) is 20.1. The Labute approximate surface area is 204 Å². The fraction of sp³-hybridized carbons (Fsp3) is 0.619. The number of halogens is 3. The van der Waals surface area contributed by atoms with E-state index >= 15 is 0 Å². The molecule has 1 fully saturated rings. The van der Waals surface area contributed by atoms with Gasteiger partial charge >= 0.3 is 12.1 Å². The molecule has 198 valence electrons. The normalized spacial score (nSPS) is 22.8. The summed E-state index contributed by atoms with van der Waals surface area (Å²) in [5.74, 6) is -5.03. The van der Waals surface area contributed by atoms with Gasteiger partial charge in [-0.15, -0.1) is 0 Å². The zero-order valence-electron chi connectivity index (χ0n) is 20.1. The van der Waals surface area contributed by atoms with E-state index in [1.54, 1.807) is 25.2 Å². The van der Waals surface area contributed by atoms with E-state index in [0.717, 1.165) is 16.7 Å². The lowest BCUT2D eigenvalue weighted by molar-refractivity contribution is -0.175. The predicted molar refractivity (Wildman–Crippen MR) is 118 cm³/mol.